The average Bonchev–Trinajstić information content (AvgIpc) is 2.81. The van der Waals surface area contributed by atoms with Crippen LogP contribution < -0.4 is 11.1 Å². The molecule has 6 N–H and O–H groups in total. The van der Waals surface area contributed by atoms with Crippen molar-refractivity contribution < 1.29 is 29.7 Å². The first kappa shape index (κ1) is 16.3. The molecule has 1 saturated heterocycles. The lowest BCUT2D eigenvalue weighted by Crippen LogP contribution is -2.52. The summed E-state index contributed by atoms with van der Waals surface area (Å²) in [6, 6.07) is -2.95. The summed E-state index contributed by atoms with van der Waals surface area (Å²) >= 11 is 0. The summed E-state index contributed by atoms with van der Waals surface area (Å²) < 4.78 is 0. The van der Waals surface area contributed by atoms with E-state index in [-0.39, 0.29) is 13.1 Å². The van der Waals surface area contributed by atoms with Crippen molar-refractivity contribution in [3.8, 4) is 0 Å². The summed E-state index contributed by atoms with van der Waals surface area (Å²) in [5.74, 6) is -3.38. The van der Waals surface area contributed by atoms with E-state index in [9.17, 15) is 14.4 Å². The molecule has 0 bridgehead atoms. The lowest BCUT2D eigenvalue weighted by molar-refractivity contribution is -0.145. The zero-order valence-corrected chi connectivity index (χ0v) is 10.9. The molecule has 0 aromatic heterocycles. The molecule has 9 nitrogen and oxygen atoms in total. The lowest BCUT2D eigenvalue weighted by Gasteiger charge is -2.25. The number of aliphatic carboxylic acids is 3. The fourth-order valence-electron chi connectivity index (χ4n) is 2.15. The fourth-order valence-corrected chi connectivity index (χ4v) is 2.15. The second kappa shape index (κ2) is 7.17. The Morgan fingerprint density at radius 1 is 1.25 bits per heavy atom. The Morgan fingerprint density at radius 3 is 2.40 bits per heavy atom. The number of hydrogen-bond donors (Lipinski definition) is 5. The summed E-state index contributed by atoms with van der Waals surface area (Å²) in [5, 5.41) is 29.3. The van der Waals surface area contributed by atoms with E-state index in [2.05, 4.69) is 5.32 Å². The van der Waals surface area contributed by atoms with Crippen molar-refractivity contribution in [1.29, 1.82) is 0 Å². The van der Waals surface area contributed by atoms with Crippen LogP contribution in [0.1, 0.15) is 12.8 Å². The fraction of sp³-hybridized carbons (Fsp3) is 0.727. The molecule has 3 atom stereocenters. The van der Waals surface area contributed by atoms with E-state index in [4.69, 9.17) is 21.1 Å². The average molecular weight is 289 g/mol. The van der Waals surface area contributed by atoms with Gasteiger partial charge in [0.15, 0.2) is 0 Å². The molecule has 1 fully saturated rings. The van der Waals surface area contributed by atoms with Crippen molar-refractivity contribution in [2.24, 2.45) is 5.73 Å². The van der Waals surface area contributed by atoms with Crippen molar-refractivity contribution in [2.75, 3.05) is 19.6 Å². The van der Waals surface area contributed by atoms with E-state index >= 15 is 0 Å². The first-order valence-corrected chi connectivity index (χ1v) is 6.24. The van der Waals surface area contributed by atoms with Crippen molar-refractivity contribution in [3.63, 3.8) is 0 Å². The minimum Gasteiger partial charge on any atom is -0.480 e. The summed E-state index contributed by atoms with van der Waals surface area (Å²) in [7, 11) is 0. The number of carbonyl (C=O) groups is 3. The van der Waals surface area contributed by atoms with Crippen molar-refractivity contribution in [3.05, 3.63) is 0 Å². The van der Waals surface area contributed by atoms with Gasteiger partial charge in [-0.15, -0.1) is 0 Å². The molecule has 20 heavy (non-hydrogen) atoms. The van der Waals surface area contributed by atoms with Gasteiger partial charge in [-0.1, -0.05) is 0 Å². The second-order valence-electron chi connectivity index (χ2n) is 4.74. The Bertz CT molecular complexity index is 388. The molecule has 9 heteroatoms. The van der Waals surface area contributed by atoms with Gasteiger partial charge >= 0.3 is 17.9 Å². The normalized spacial score (nSPS) is 22.4. The van der Waals surface area contributed by atoms with E-state index in [1.54, 1.807) is 4.90 Å². The van der Waals surface area contributed by atoms with Gasteiger partial charge in [-0.25, -0.2) is 0 Å². The molecule has 0 aromatic carbocycles. The third-order valence-corrected chi connectivity index (χ3v) is 3.27. The molecule has 0 unspecified atom stereocenters. The summed E-state index contributed by atoms with van der Waals surface area (Å²) in [6.45, 7) is 0.309. The van der Waals surface area contributed by atoms with Gasteiger partial charge in [-0.3, -0.25) is 19.3 Å². The highest BCUT2D eigenvalue weighted by atomic mass is 16.4. The predicted octanol–water partition coefficient (Wildman–Crippen LogP) is -2.01. The topological polar surface area (TPSA) is 153 Å². The summed E-state index contributed by atoms with van der Waals surface area (Å²) in [6.07, 6.45) is 1.17. The minimum absolute atomic E-state index is 0.00135. The van der Waals surface area contributed by atoms with Gasteiger partial charge in [0, 0.05) is 13.1 Å². The Hall–Kier alpha value is -1.71. The molecular weight excluding hydrogens is 270 g/mol. The Kier molecular flexibility index (Phi) is 5.86. The summed E-state index contributed by atoms with van der Waals surface area (Å²) in [4.78, 5) is 34.3. The van der Waals surface area contributed by atoms with E-state index in [1.165, 1.54) is 0 Å². The zero-order valence-electron chi connectivity index (χ0n) is 10.9. The molecule has 0 radical (unpaired) electrons. The van der Waals surface area contributed by atoms with Gasteiger partial charge in [-0.2, -0.15) is 0 Å². The van der Waals surface area contributed by atoms with Gasteiger partial charge in [0.2, 0.25) is 0 Å². The quantitative estimate of drug-likeness (QED) is 0.341. The monoisotopic (exact) mass is 289 g/mol. The Labute approximate surface area is 115 Å². The Morgan fingerprint density at radius 2 is 1.90 bits per heavy atom. The maximum atomic E-state index is 11.1. The molecule has 0 saturated carbocycles. The molecule has 0 aliphatic carbocycles. The third-order valence-electron chi connectivity index (χ3n) is 3.27. The van der Waals surface area contributed by atoms with Gasteiger partial charge in [0.05, 0.1) is 0 Å². The number of rotatable bonds is 8. The van der Waals surface area contributed by atoms with Gasteiger partial charge in [0.1, 0.15) is 18.1 Å². The van der Waals surface area contributed by atoms with Crippen LogP contribution in [0.2, 0.25) is 0 Å². The molecule has 1 aliphatic heterocycles. The molecule has 1 rings (SSSR count). The number of nitrogens with two attached hydrogens (primary N) is 1. The largest absolute Gasteiger partial charge is 0.480 e. The van der Waals surface area contributed by atoms with E-state index in [0.29, 0.717) is 19.4 Å². The smallest absolute Gasteiger partial charge is 0.322 e. The van der Waals surface area contributed by atoms with Crippen LogP contribution in [0.3, 0.4) is 0 Å². The first-order chi connectivity index (χ1) is 9.32. The van der Waals surface area contributed by atoms with Crippen LogP contribution in [-0.2, 0) is 14.4 Å². The summed E-state index contributed by atoms with van der Waals surface area (Å²) in [5.41, 5.74) is 5.29. The SMILES string of the molecule is N[C@@H](CN[C@@H](CN1CCC[C@H]1C(=O)O)C(=O)O)C(=O)O. The van der Waals surface area contributed by atoms with Gasteiger partial charge in [-0.05, 0) is 19.4 Å². The van der Waals surface area contributed by atoms with Gasteiger partial charge < -0.3 is 26.4 Å². The van der Waals surface area contributed by atoms with E-state index < -0.39 is 36.0 Å². The maximum absolute atomic E-state index is 11.1. The molecule has 1 heterocycles. The molecule has 0 spiro atoms. The van der Waals surface area contributed by atoms with E-state index in [1.807, 2.05) is 0 Å². The zero-order chi connectivity index (χ0) is 15.3. The molecule has 0 amide bonds. The number of nitrogens with one attached hydrogen (secondary N) is 1. The highest BCUT2D eigenvalue weighted by Crippen LogP contribution is 2.17. The van der Waals surface area contributed by atoms with Crippen LogP contribution >= 0.6 is 0 Å². The number of hydrogen-bond acceptors (Lipinski definition) is 6. The van der Waals surface area contributed by atoms with Crippen LogP contribution in [0.4, 0.5) is 0 Å². The highest BCUT2D eigenvalue weighted by molar-refractivity contribution is 5.76. The van der Waals surface area contributed by atoms with E-state index in [0.717, 1.165) is 0 Å². The van der Waals surface area contributed by atoms with Crippen molar-refractivity contribution in [1.82, 2.24) is 10.2 Å². The number of nitrogens with zero attached hydrogens (tertiary/aromatic N) is 1. The maximum Gasteiger partial charge on any atom is 0.322 e. The van der Waals surface area contributed by atoms with Crippen molar-refractivity contribution >= 4 is 17.9 Å². The molecule has 114 valence electrons. The highest BCUT2D eigenvalue weighted by Gasteiger charge is 2.33. The number of likely N-dealkylation sites (tertiary alicyclic amines) is 1. The molecule has 1 aliphatic rings. The van der Waals surface area contributed by atoms with Crippen LogP contribution in [0, 0.1) is 0 Å². The lowest BCUT2D eigenvalue weighted by atomic mass is 10.2. The predicted molar refractivity (Wildman–Crippen MR) is 67.3 cm³/mol. The van der Waals surface area contributed by atoms with Crippen LogP contribution in [0.15, 0.2) is 0 Å². The third kappa shape index (κ3) is 4.44. The standard InChI is InChI=1S/C11H19N3O6/c12-6(9(15)16)4-13-7(10(17)18)5-14-3-1-2-8(14)11(19)20/h6-8,13H,1-5,12H2,(H,15,16)(H,17,18)(H,19,20)/t6-,7-,8-/m0/s1. The van der Waals surface area contributed by atoms with Crippen LogP contribution in [0.25, 0.3) is 0 Å². The Balaban J connectivity index is 2.56. The second-order valence-corrected chi connectivity index (χ2v) is 4.74. The minimum atomic E-state index is -1.23. The molecule has 0 aromatic rings. The van der Waals surface area contributed by atoms with Crippen molar-refractivity contribution in [2.45, 2.75) is 31.0 Å². The number of carboxylic acids is 3. The first-order valence-electron chi connectivity index (χ1n) is 6.24. The van der Waals surface area contributed by atoms with Crippen LogP contribution in [0.5, 0.6) is 0 Å². The molecular formula is C11H19N3O6. The van der Waals surface area contributed by atoms with Crippen LogP contribution in [-0.4, -0.2) is 75.9 Å². The number of carboxylic acid groups (broad SMARTS) is 3. The van der Waals surface area contributed by atoms with Gasteiger partial charge in [0.25, 0.3) is 0 Å².